The highest BCUT2D eigenvalue weighted by molar-refractivity contribution is 6.30. The van der Waals surface area contributed by atoms with Gasteiger partial charge in [0.2, 0.25) is 5.88 Å². The molecular weight excluding hydrogens is 438 g/mol. The number of hydrogen-bond acceptors (Lipinski definition) is 5. The zero-order chi connectivity index (χ0) is 23.8. The highest BCUT2D eigenvalue weighted by Gasteiger charge is 2.23. The zero-order valence-corrected chi connectivity index (χ0v) is 20.6. The molecule has 3 rings (SSSR count). The second-order valence-corrected chi connectivity index (χ2v) is 9.01. The number of nitrogens with zero attached hydrogens (tertiary/aromatic N) is 3. The fourth-order valence-corrected chi connectivity index (χ4v) is 3.86. The number of halogens is 1. The summed E-state index contributed by atoms with van der Waals surface area (Å²) in [6, 6.07) is 17.3. The van der Waals surface area contributed by atoms with Crippen molar-refractivity contribution in [2.24, 2.45) is 5.92 Å². The van der Waals surface area contributed by atoms with Crippen LogP contribution in [-0.4, -0.2) is 52.2 Å². The minimum absolute atomic E-state index is 0.321. The Kier molecular flexibility index (Phi) is 9.32. The van der Waals surface area contributed by atoms with Gasteiger partial charge in [0, 0.05) is 31.3 Å². The number of aromatic nitrogens is 2. The maximum atomic E-state index is 10.5. The van der Waals surface area contributed by atoms with Crippen LogP contribution in [0.15, 0.2) is 54.6 Å². The predicted octanol–water partition coefficient (Wildman–Crippen LogP) is 5.48. The molecule has 1 N–H and O–H groups in total. The highest BCUT2D eigenvalue weighted by Crippen LogP contribution is 2.32. The third kappa shape index (κ3) is 7.30. The molecule has 7 heteroatoms. The van der Waals surface area contributed by atoms with E-state index in [0.717, 1.165) is 23.5 Å². The van der Waals surface area contributed by atoms with Crippen LogP contribution >= 0.6 is 11.6 Å². The van der Waals surface area contributed by atoms with Gasteiger partial charge in [-0.2, -0.15) is 5.10 Å². The molecule has 178 valence electrons. The van der Waals surface area contributed by atoms with Gasteiger partial charge in [-0.1, -0.05) is 43.6 Å². The van der Waals surface area contributed by atoms with E-state index >= 15 is 0 Å². The topological polar surface area (TPSA) is 59.8 Å². The van der Waals surface area contributed by atoms with Crippen LogP contribution in [0.2, 0.25) is 5.02 Å². The van der Waals surface area contributed by atoms with E-state index < -0.39 is 6.10 Å². The Hall–Kier alpha value is -2.38. The summed E-state index contributed by atoms with van der Waals surface area (Å²) in [5.74, 6) is 1.79. The fraction of sp³-hybridized carbons (Fsp3) is 0.423. The molecule has 1 unspecified atom stereocenters. The number of aliphatic hydroxyl groups is 1. The zero-order valence-electron chi connectivity index (χ0n) is 19.9. The highest BCUT2D eigenvalue weighted by atomic mass is 35.5. The van der Waals surface area contributed by atoms with E-state index in [0.29, 0.717) is 48.9 Å². The van der Waals surface area contributed by atoms with Crippen molar-refractivity contribution in [1.29, 1.82) is 0 Å². The van der Waals surface area contributed by atoms with E-state index in [2.05, 4.69) is 18.7 Å². The van der Waals surface area contributed by atoms with Crippen LogP contribution in [0.3, 0.4) is 0 Å². The summed E-state index contributed by atoms with van der Waals surface area (Å²) in [7, 11) is 0. The van der Waals surface area contributed by atoms with Gasteiger partial charge in [-0.15, -0.1) is 0 Å². The molecule has 0 radical (unpaired) electrons. The number of ether oxygens (including phenoxy) is 2. The van der Waals surface area contributed by atoms with E-state index in [1.807, 2.05) is 73.1 Å². The smallest absolute Gasteiger partial charge is 0.227 e. The summed E-state index contributed by atoms with van der Waals surface area (Å²) in [5, 5.41) is 16.0. The third-order valence-electron chi connectivity index (χ3n) is 5.15. The molecule has 0 fully saturated rings. The van der Waals surface area contributed by atoms with Crippen molar-refractivity contribution in [2.45, 2.75) is 40.3 Å². The first-order valence-electron chi connectivity index (χ1n) is 11.4. The molecule has 6 nitrogen and oxygen atoms in total. The number of aryl methyl sites for hydroxylation is 1. The Morgan fingerprint density at radius 1 is 1.06 bits per heavy atom. The molecule has 1 atom stereocenters. The lowest BCUT2D eigenvalue weighted by molar-refractivity contribution is 0.0173. The largest absolute Gasteiger partial charge is 0.439 e. The van der Waals surface area contributed by atoms with Gasteiger partial charge in [-0.3, -0.25) is 4.90 Å². The van der Waals surface area contributed by atoms with Crippen LogP contribution in [0.5, 0.6) is 11.6 Å². The van der Waals surface area contributed by atoms with Crippen molar-refractivity contribution in [3.8, 4) is 17.3 Å². The van der Waals surface area contributed by atoms with Crippen LogP contribution in [0.1, 0.15) is 32.0 Å². The first kappa shape index (κ1) is 25.2. The van der Waals surface area contributed by atoms with Gasteiger partial charge in [-0.25, -0.2) is 4.68 Å². The average Bonchev–Trinajstić information content (AvgIpc) is 3.09. The van der Waals surface area contributed by atoms with Crippen molar-refractivity contribution in [3.05, 3.63) is 70.9 Å². The molecule has 1 aromatic heterocycles. The van der Waals surface area contributed by atoms with E-state index in [1.54, 1.807) is 0 Å². The summed E-state index contributed by atoms with van der Waals surface area (Å²) >= 11 is 6.07. The Balaban J connectivity index is 1.96. The van der Waals surface area contributed by atoms with Crippen molar-refractivity contribution >= 4 is 11.6 Å². The normalized spacial score (nSPS) is 12.5. The molecule has 1 heterocycles. The maximum absolute atomic E-state index is 10.5. The van der Waals surface area contributed by atoms with Crippen molar-refractivity contribution in [3.63, 3.8) is 0 Å². The summed E-state index contributed by atoms with van der Waals surface area (Å²) in [6.07, 6.45) is -0.561. The summed E-state index contributed by atoms with van der Waals surface area (Å²) in [6.45, 7) is 11.1. The van der Waals surface area contributed by atoms with Gasteiger partial charge < -0.3 is 14.6 Å². The van der Waals surface area contributed by atoms with E-state index in [4.69, 9.17) is 26.2 Å². The van der Waals surface area contributed by atoms with Crippen molar-refractivity contribution < 1.29 is 14.6 Å². The Bertz CT molecular complexity index is 990. The first-order chi connectivity index (χ1) is 15.9. The number of hydrogen-bond donors (Lipinski definition) is 1. The standard InChI is InChI=1S/C26H34ClN3O3/c1-5-32-18-23(31)16-29(15-19(2)3)17-25-20(4)28-30(22-9-7-6-8-10-22)26(25)33-24-13-11-21(27)12-14-24/h6-14,19,23,31H,5,15-18H2,1-4H3. The van der Waals surface area contributed by atoms with Crippen molar-refractivity contribution in [2.75, 3.05) is 26.3 Å². The van der Waals surface area contributed by atoms with Gasteiger partial charge >= 0.3 is 0 Å². The monoisotopic (exact) mass is 471 g/mol. The lowest BCUT2D eigenvalue weighted by Crippen LogP contribution is -2.37. The molecular formula is C26H34ClN3O3. The number of rotatable bonds is 12. The van der Waals surface area contributed by atoms with Crippen LogP contribution in [0.4, 0.5) is 0 Å². The van der Waals surface area contributed by atoms with Crippen LogP contribution in [0.25, 0.3) is 5.69 Å². The number of para-hydroxylation sites is 1. The maximum Gasteiger partial charge on any atom is 0.227 e. The summed E-state index contributed by atoms with van der Waals surface area (Å²) in [4.78, 5) is 2.24. The lowest BCUT2D eigenvalue weighted by atomic mass is 10.1. The van der Waals surface area contributed by atoms with E-state index in [-0.39, 0.29) is 0 Å². The molecule has 0 spiro atoms. The quantitative estimate of drug-likeness (QED) is 0.379. The predicted molar refractivity (Wildman–Crippen MR) is 132 cm³/mol. The minimum atomic E-state index is -0.561. The molecule has 0 saturated carbocycles. The van der Waals surface area contributed by atoms with Gasteiger partial charge in [0.05, 0.1) is 29.7 Å². The van der Waals surface area contributed by atoms with Crippen LogP contribution < -0.4 is 4.74 Å². The molecule has 0 amide bonds. The molecule has 3 aromatic rings. The second kappa shape index (κ2) is 12.2. The lowest BCUT2D eigenvalue weighted by Gasteiger charge is -2.27. The summed E-state index contributed by atoms with van der Waals surface area (Å²) < 4.78 is 13.6. The SMILES string of the molecule is CCOCC(O)CN(Cc1c(C)nn(-c2ccccc2)c1Oc1ccc(Cl)cc1)CC(C)C. The van der Waals surface area contributed by atoms with Gasteiger partial charge in [-0.05, 0) is 56.2 Å². The molecule has 0 saturated heterocycles. The number of benzene rings is 2. The Morgan fingerprint density at radius 3 is 2.39 bits per heavy atom. The second-order valence-electron chi connectivity index (χ2n) is 8.57. The molecule has 33 heavy (non-hydrogen) atoms. The van der Waals surface area contributed by atoms with Gasteiger partial charge in [0.15, 0.2) is 0 Å². The number of aliphatic hydroxyl groups excluding tert-OH is 1. The Morgan fingerprint density at radius 2 is 1.76 bits per heavy atom. The van der Waals surface area contributed by atoms with Gasteiger partial charge in [0.25, 0.3) is 0 Å². The fourth-order valence-electron chi connectivity index (χ4n) is 3.73. The van der Waals surface area contributed by atoms with Gasteiger partial charge in [0.1, 0.15) is 5.75 Å². The first-order valence-corrected chi connectivity index (χ1v) is 11.8. The van der Waals surface area contributed by atoms with E-state index in [1.165, 1.54) is 0 Å². The van der Waals surface area contributed by atoms with Crippen molar-refractivity contribution in [1.82, 2.24) is 14.7 Å². The third-order valence-corrected chi connectivity index (χ3v) is 5.41. The molecule has 0 aliphatic heterocycles. The molecule has 0 aliphatic rings. The van der Waals surface area contributed by atoms with E-state index in [9.17, 15) is 5.11 Å². The van der Waals surface area contributed by atoms with Crippen LogP contribution in [0, 0.1) is 12.8 Å². The molecule has 0 bridgehead atoms. The average molecular weight is 472 g/mol. The van der Waals surface area contributed by atoms with Crippen LogP contribution in [-0.2, 0) is 11.3 Å². The molecule has 2 aromatic carbocycles. The minimum Gasteiger partial charge on any atom is -0.439 e. The molecule has 0 aliphatic carbocycles. The Labute approximate surface area is 201 Å². The summed E-state index contributed by atoms with van der Waals surface area (Å²) in [5.41, 5.74) is 2.79.